The van der Waals surface area contributed by atoms with E-state index in [4.69, 9.17) is 25.3 Å². The van der Waals surface area contributed by atoms with Crippen LogP contribution in [-0.2, 0) is 14.9 Å². The molecular weight excluding hydrogens is 538 g/mol. The molecule has 3 aromatic rings. The highest BCUT2D eigenvalue weighted by Crippen LogP contribution is 2.35. The van der Waals surface area contributed by atoms with Crippen LogP contribution in [0, 0.1) is 6.92 Å². The second-order valence-electron chi connectivity index (χ2n) is 7.90. The average Bonchev–Trinajstić information content (AvgIpc) is 3.13. The zero-order valence-electron chi connectivity index (χ0n) is 19.8. The van der Waals surface area contributed by atoms with E-state index in [0.29, 0.717) is 16.3 Å². The summed E-state index contributed by atoms with van der Waals surface area (Å²) in [5.41, 5.74) is 1.36. The van der Waals surface area contributed by atoms with Crippen LogP contribution >= 0.6 is 23.4 Å². The maximum Gasteiger partial charge on any atom is 0.339 e. The summed E-state index contributed by atoms with van der Waals surface area (Å²) < 4.78 is 41.7. The molecule has 1 heterocycles. The van der Waals surface area contributed by atoms with Crippen molar-refractivity contribution in [1.82, 2.24) is 4.90 Å². The summed E-state index contributed by atoms with van der Waals surface area (Å²) in [6, 6.07) is 17.6. The van der Waals surface area contributed by atoms with Gasteiger partial charge in [-0.05, 0) is 78.9 Å². The van der Waals surface area contributed by atoms with Crippen molar-refractivity contribution in [3.8, 4) is 17.2 Å². The van der Waals surface area contributed by atoms with Gasteiger partial charge < -0.3 is 13.7 Å². The quantitative estimate of drug-likeness (QED) is 0.249. The molecule has 37 heavy (non-hydrogen) atoms. The third kappa shape index (κ3) is 6.46. The number of hydrogen-bond acceptors (Lipinski definition) is 8. The van der Waals surface area contributed by atoms with Gasteiger partial charge in [0.2, 0.25) is 0 Å². The SMILES string of the molecule is COc1ccc(/C=C2\SC(=O)N(CCOc3ccc(Cl)cc3)C2=O)cc1OS(=O)(=O)c1ccc(C)cc1. The average molecular weight is 560 g/mol. The second-order valence-corrected chi connectivity index (χ2v) is 10.9. The van der Waals surface area contributed by atoms with Gasteiger partial charge in [-0.2, -0.15) is 8.42 Å². The summed E-state index contributed by atoms with van der Waals surface area (Å²) in [4.78, 5) is 26.6. The lowest BCUT2D eigenvalue weighted by Gasteiger charge is -2.13. The fraction of sp³-hybridized carbons (Fsp3) is 0.154. The number of nitrogens with zero attached hydrogens (tertiary/aromatic N) is 1. The van der Waals surface area contributed by atoms with Crippen LogP contribution in [0.25, 0.3) is 6.08 Å². The molecule has 0 spiro atoms. The molecule has 11 heteroatoms. The molecule has 2 amide bonds. The molecule has 0 aliphatic carbocycles. The van der Waals surface area contributed by atoms with Crippen molar-refractivity contribution in [2.75, 3.05) is 20.3 Å². The highest BCUT2D eigenvalue weighted by molar-refractivity contribution is 8.18. The van der Waals surface area contributed by atoms with Gasteiger partial charge in [0.25, 0.3) is 11.1 Å². The second kappa shape index (κ2) is 11.3. The van der Waals surface area contributed by atoms with Gasteiger partial charge in [0, 0.05) is 5.02 Å². The zero-order chi connectivity index (χ0) is 26.6. The van der Waals surface area contributed by atoms with Crippen molar-refractivity contribution in [2.24, 2.45) is 0 Å². The lowest BCUT2D eigenvalue weighted by Crippen LogP contribution is -2.32. The Morgan fingerprint density at radius 1 is 0.973 bits per heavy atom. The van der Waals surface area contributed by atoms with Gasteiger partial charge in [0.1, 0.15) is 17.3 Å². The number of amides is 2. The number of imide groups is 1. The van der Waals surface area contributed by atoms with Gasteiger partial charge in [-0.25, -0.2) is 0 Å². The predicted molar refractivity (Wildman–Crippen MR) is 142 cm³/mol. The number of thioether (sulfide) groups is 1. The Kier molecular flexibility index (Phi) is 8.11. The van der Waals surface area contributed by atoms with Gasteiger partial charge in [-0.15, -0.1) is 0 Å². The molecular formula is C26H22ClNO7S2. The van der Waals surface area contributed by atoms with Gasteiger partial charge in [-0.3, -0.25) is 14.5 Å². The maximum atomic E-state index is 12.8. The van der Waals surface area contributed by atoms with Crippen LogP contribution in [0.1, 0.15) is 11.1 Å². The molecule has 0 saturated carbocycles. The summed E-state index contributed by atoms with van der Waals surface area (Å²) in [5, 5.41) is 0.145. The molecule has 3 aromatic carbocycles. The van der Waals surface area contributed by atoms with Crippen LogP contribution < -0.4 is 13.7 Å². The van der Waals surface area contributed by atoms with Crippen LogP contribution in [-0.4, -0.2) is 44.7 Å². The van der Waals surface area contributed by atoms with Crippen LogP contribution in [0.5, 0.6) is 17.2 Å². The monoisotopic (exact) mass is 559 g/mol. The van der Waals surface area contributed by atoms with Crippen LogP contribution in [0.2, 0.25) is 5.02 Å². The smallest absolute Gasteiger partial charge is 0.339 e. The number of rotatable bonds is 9. The van der Waals surface area contributed by atoms with E-state index in [0.717, 1.165) is 22.2 Å². The van der Waals surface area contributed by atoms with Crippen molar-refractivity contribution in [1.29, 1.82) is 0 Å². The summed E-state index contributed by atoms with van der Waals surface area (Å²) >= 11 is 6.64. The number of carbonyl (C=O) groups excluding carboxylic acids is 2. The summed E-state index contributed by atoms with van der Waals surface area (Å²) in [7, 11) is -2.74. The zero-order valence-corrected chi connectivity index (χ0v) is 22.2. The lowest BCUT2D eigenvalue weighted by molar-refractivity contribution is -0.123. The number of carbonyl (C=O) groups is 2. The van der Waals surface area contributed by atoms with Crippen LogP contribution in [0.4, 0.5) is 4.79 Å². The summed E-state index contributed by atoms with van der Waals surface area (Å²) in [5.74, 6) is 0.242. The first-order valence-corrected chi connectivity index (χ1v) is 13.6. The van der Waals surface area contributed by atoms with E-state index < -0.39 is 21.3 Å². The highest BCUT2D eigenvalue weighted by atomic mass is 35.5. The minimum absolute atomic E-state index is 0.00695. The predicted octanol–water partition coefficient (Wildman–Crippen LogP) is 5.54. The van der Waals surface area contributed by atoms with Crippen molar-refractivity contribution in [2.45, 2.75) is 11.8 Å². The van der Waals surface area contributed by atoms with Crippen molar-refractivity contribution in [3.05, 3.63) is 87.8 Å². The maximum absolute atomic E-state index is 12.8. The number of hydrogen-bond donors (Lipinski definition) is 0. The summed E-state index contributed by atoms with van der Waals surface area (Å²) in [6.07, 6.45) is 1.50. The third-order valence-corrected chi connectivity index (χ3v) is 7.67. The first kappa shape index (κ1) is 26.6. The van der Waals surface area contributed by atoms with E-state index in [-0.39, 0.29) is 34.5 Å². The van der Waals surface area contributed by atoms with Gasteiger partial charge in [-0.1, -0.05) is 35.4 Å². The van der Waals surface area contributed by atoms with Gasteiger partial charge >= 0.3 is 10.1 Å². The molecule has 0 N–H and O–H groups in total. The van der Waals surface area contributed by atoms with E-state index in [1.54, 1.807) is 42.5 Å². The largest absolute Gasteiger partial charge is 0.493 e. The Balaban J connectivity index is 1.48. The fourth-order valence-electron chi connectivity index (χ4n) is 3.35. The van der Waals surface area contributed by atoms with Crippen LogP contribution in [0.3, 0.4) is 0 Å². The Bertz CT molecular complexity index is 1450. The molecule has 192 valence electrons. The Hall–Kier alpha value is -3.47. The Labute approximate surface area is 223 Å². The van der Waals surface area contributed by atoms with E-state index in [9.17, 15) is 18.0 Å². The topological polar surface area (TPSA) is 99.2 Å². The molecule has 0 aromatic heterocycles. The lowest BCUT2D eigenvalue weighted by atomic mass is 10.2. The van der Waals surface area contributed by atoms with E-state index in [1.165, 1.54) is 37.5 Å². The third-order valence-electron chi connectivity index (χ3n) is 5.27. The number of ether oxygens (including phenoxy) is 2. The molecule has 1 aliphatic heterocycles. The van der Waals surface area contributed by atoms with Crippen LogP contribution in [0.15, 0.2) is 76.5 Å². The Morgan fingerprint density at radius 3 is 2.35 bits per heavy atom. The molecule has 8 nitrogen and oxygen atoms in total. The first-order chi connectivity index (χ1) is 17.7. The van der Waals surface area contributed by atoms with Crippen molar-refractivity contribution < 1.29 is 31.7 Å². The molecule has 0 bridgehead atoms. The van der Waals surface area contributed by atoms with Crippen molar-refractivity contribution >= 4 is 50.7 Å². The number of aryl methyl sites for hydroxylation is 1. The fourth-order valence-corrected chi connectivity index (χ4v) is 5.27. The Morgan fingerprint density at radius 2 is 1.68 bits per heavy atom. The normalized spacial score (nSPS) is 14.8. The van der Waals surface area contributed by atoms with Gasteiger partial charge in [0.15, 0.2) is 11.5 Å². The van der Waals surface area contributed by atoms with E-state index in [1.807, 2.05) is 6.92 Å². The number of halogens is 1. The van der Waals surface area contributed by atoms with Gasteiger partial charge in [0.05, 0.1) is 18.6 Å². The highest BCUT2D eigenvalue weighted by Gasteiger charge is 2.35. The first-order valence-electron chi connectivity index (χ1n) is 11.0. The molecule has 0 unspecified atom stereocenters. The molecule has 1 fully saturated rings. The molecule has 1 saturated heterocycles. The number of benzene rings is 3. The van der Waals surface area contributed by atoms with Crippen molar-refractivity contribution in [3.63, 3.8) is 0 Å². The van der Waals surface area contributed by atoms with E-state index in [2.05, 4.69) is 0 Å². The van der Waals surface area contributed by atoms with E-state index >= 15 is 0 Å². The number of methoxy groups -OCH3 is 1. The molecule has 0 radical (unpaired) electrons. The summed E-state index contributed by atoms with van der Waals surface area (Å²) in [6.45, 7) is 2.03. The molecule has 1 aliphatic rings. The minimum Gasteiger partial charge on any atom is -0.493 e. The standard InChI is InChI=1S/C26H22ClNO7S2/c1-17-3-10-21(11-4-17)37(31,32)35-23-15-18(5-12-22(23)33-2)16-24-25(29)28(26(30)36-24)13-14-34-20-8-6-19(27)7-9-20/h3-12,15-16H,13-14H2,1-2H3/b24-16-. The molecule has 4 rings (SSSR count). The molecule has 0 atom stereocenters. The minimum atomic E-state index is -4.13.